The van der Waals surface area contributed by atoms with Crippen molar-refractivity contribution in [3.8, 4) is 11.5 Å². The van der Waals surface area contributed by atoms with E-state index in [2.05, 4.69) is 34.1 Å². The molecule has 2 aromatic carbocycles. The third kappa shape index (κ3) is 6.88. The minimum Gasteiger partial charge on any atom is -0.492 e. The van der Waals surface area contributed by atoms with Crippen molar-refractivity contribution in [2.24, 2.45) is 0 Å². The van der Waals surface area contributed by atoms with Gasteiger partial charge < -0.3 is 19.1 Å². The summed E-state index contributed by atoms with van der Waals surface area (Å²) in [6, 6.07) is 16.0. The first-order chi connectivity index (χ1) is 14.5. The fraction of sp³-hybridized carbons (Fsp3) is 0.500. The van der Waals surface area contributed by atoms with Gasteiger partial charge in [-0.2, -0.15) is 0 Å². The third-order valence-electron chi connectivity index (χ3n) is 5.64. The molecule has 1 heterocycles. The maximum Gasteiger partial charge on any atom is 0.120 e. The molecule has 3 rings (SSSR count). The Balaban J connectivity index is 1.45. The van der Waals surface area contributed by atoms with E-state index in [4.69, 9.17) is 25.8 Å². The van der Waals surface area contributed by atoms with Gasteiger partial charge >= 0.3 is 0 Å². The molecule has 0 radical (unpaired) electrons. The standard InChI is InChI=1S/C24H33ClN2O3/c1-26(2)15-16-29-22-9-7-20(8-10-22)18-27-13-11-24(28-3,12-14-27)19-30-23-6-4-5-21(25)17-23/h4-10,17H,11-16,18-19H2,1-3H3. The summed E-state index contributed by atoms with van der Waals surface area (Å²) >= 11 is 6.05. The van der Waals surface area contributed by atoms with Crippen molar-refractivity contribution in [3.05, 3.63) is 59.1 Å². The molecule has 0 atom stereocenters. The van der Waals surface area contributed by atoms with Crippen molar-refractivity contribution in [2.75, 3.05) is 54.1 Å². The van der Waals surface area contributed by atoms with Crippen LogP contribution in [0.4, 0.5) is 0 Å². The van der Waals surface area contributed by atoms with Crippen LogP contribution >= 0.6 is 11.6 Å². The van der Waals surface area contributed by atoms with Gasteiger partial charge in [0.15, 0.2) is 0 Å². The van der Waals surface area contributed by atoms with Crippen LogP contribution < -0.4 is 9.47 Å². The summed E-state index contributed by atoms with van der Waals surface area (Å²) in [5.41, 5.74) is 1.05. The summed E-state index contributed by atoms with van der Waals surface area (Å²) < 4.78 is 17.7. The van der Waals surface area contributed by atoms with Crippen LogP contribution in [0, 0.1) is 0 Å². The Bertz CT molecular complexity index is 774. The van der Waals surface area contributed by atoms with E-state index in [9.17, 15) is 0 Å². The fourth-order valence-corrected chi connectivity index (χ4v) is 3.77. The number of likely N-dealkylation sites (tertiary alicyclic amines) is 1. The number of benzene rings is 2. The Morgan fingerprint density at radius 2 is 1.73 bits per heavy atom. The average molecular weight is 433 g/mol. The molecule has 0 saturated carbocycles. The topological polar surface area (TPSA) is 34.2 Å². The fourth-order valence-electron chi connectivity index (χ4n) is 3.59. The lowest BCUT2D eigenvalue weighted by molar-refractivity contribution is -0.0839. The van der Waals surface area contributed by atoms with Gasteiger partial charge in [-0.25, -0.2) is 0 Å². The second-order valence-electron chi connectivity index (χ2n) is 8.21. The van der Waals surface area contributed by atoms with Crippen molar-refractivity contribution in [2.45, 2.75) is 25.0 Å². The normalized spacial score (nSPS) is 16.6. The van der Waals surface area contributed by atoms with E-state index >= 15 is 0 Å². The molecule has 1 aliphatic heterocycles. The molecule has 0 unspecified atom stereocenters. The number of rotatable bonds is 10. The highest BCUT2D eigenvalue weighted by Crippen LogP contribution is 2.29. The molecule has 1 fully saturated rings. The van der Waals surface area contributed by atoms with E-state index in [1.165, 1.54) is 5.56 Å². The maximum atomic E-state index is 6.05. The predicted octanol–water partition coefficient (Wildman–Crippen LogP) is 4.34. The van der Waals surface area contributed by atoms with Crippen LogP contribution in [0.2, 0.25) is 5.02 Å². The van der Waals surface area contributed by atoms with Crippen LogP contribution in [0.25, 0.3) is 0 Å². The zero-order valence-electron chi connectivity index (χ0n) is 18.3. The lowest BCUT2D eigenvalue weighted by Crippen LogP contribution is -2.48. The number of methoxy groups -OCH3 is 1. The van der Waals surface area contributed by atoms with E-state index in [-0.39, 0.29) is 5.60 Å². The second kappa shape index (κ2) is 11.0. The van der Waals surface area contributed by atoms with Gasteiger partial charge in [-0.15, -0.1) is 0 Å². The zero-order chi connectivity index (χ0) is 21.4. The molecule has 30 heavy (non-hydrogen) atoms. The number of likely N-dealkylation sites (N-methyl/N-ethyl adjacent to an activating group) is 1. The first-order valence-corrected chi connectivity index (χ1v) is 10.9. The van der Waals surface area contributed by atoms with Gasteiger partial charge in [0.2, 0.25) is 0 Å². The Labute approximate surface area is 185 Å². The first kappa shape index (κ1) is 22.9. The molecule has 0 N–H and O–H groups in total. The highest BCUT2D eigenvalue weighted by molar-refractivity contribution is 6.30. The predicted molar refractivity (Wildman–Crippen MR) is 122 cm³/mol. The van der Waals surface area contributed by atoms with Gasteiger partial charge in [-0.3, -0.25) is 4.90 Å². The Hall–Kier alpha value is -1.79. The van der Waals surface area contributed by atoms with Gasteiger partial charge in [0, 0.05) is 38.3 Å². The van der Waals surface area contributed by atoms with Crippen LogP contribution in [0.15, 0.2) is 48.5 Å². The van der Waals surface area contributed by atoms with Gasteiger partial charge in [-0.05, 0) is 62.8 Å². The van der Waals surface area contributed by atoms with Gasteiger partial charge in [-0.1, -0.05) is 29.8 Å². The van der Waals surface area contributed by atoms with Crippen LogP contribution in [0.5, 0.6) is 11.5 Å². The number of halogens is 1. The van der Waals surface area contributed by atoms with Crippen molar-refractivity contribution >= 4 is 11.6 Å². The molecule has 2 aromatic rings. The van der Waals surface area contributed by atoms with E-state index in [0.29, 0.717) is 18.2 Å². The van der Waals surface area contributed by atoms with Gasteiger partial charge in [0.05, 0.1) is 0 Å². The summed E-state index contributed by atoms with van der Waals surface area (Å²) in [7, 11) is 5.88. The molecular formula is C24H33ClN2O3. The van der Waals surface area contributed by atoms with E-state index in [1.807, 2.05) is 38.4 Å². The molecule has 1 aliphatic rings. The number of ether oxygens (including phenoxy) is 3. The summed E-state index contributed by atoms with van der Waals surface area (Å²) in [6.07, 6.45) is 1.88. The van der Waals surface area contributed by atoms with Crippen molar-refractivity contribution in [3.63, 3.8) is 0 Å². The molecule has 0 amide bonds. The first-order valence-electron chi connectivity index (χ1n) is 10.5. The van der Waals surface area contributed by atoms with E-state index in [0.717, 1.165) is 50.5 Å². The molecule has 0 spiro atoms. The smallest absolute Gasteiger partial charge is 0.120 e. The SMILES string of the molecule is COC1(COc2cccc(Cl)c2)CCN(Cc2ccc(OCCN(C)C)cc2)CC1. The second-order valence-corrected chi connectivity index (χ2v) is 8.64. The molecule has 0 aromatic heterocycles. The van der Waals surface area contributed by atoms with E-state index in [1.54, 1.807) is 7.11 Å². The highest BCUT2D eigenvalue weighted by atomic mass is 35.5. The molecule has 0 bridgehead atoms. The number of nitrogens with zero attached hydrogens (tertiary/aromatic N) is 2. The minimum absolute atomic E-state index is 0.247. The lowest BCUT2D eigenvalue weighted by atomic mass is 9.91. The number of hydrogen-bond donors (Lipinski definition) is 0. The molecule has 5 nitrogen and oxygen atoms in total. The van der Waals surface area contributed by atoms with Gasteiger partial charge in [0.25, 0.3) is 0 Å². The molecule has 1 saturated heterocycles. The monoisotopic (exact) mass is 432 g/mol. The van der Waals surface area contributed by atoms with Crippen molar-refractivity contribution < 1.29 is 14.2 Å². The summed E-state index contributed by atoms with van der Waals surface area (Å²) in [4.78, 5) is 4.59. The largest absolute Gasteiger partial charge is 0.492 e. The lowest BCUT2D eigenvalue weighted by Gasteiger charge is -2.40. The van der Waals surface area contributed by atoms with Crippen molar-refractivity contribution in [1.82, 2.24) is 9.80 Å². The molecule has 0 aliphatic carbocycles. The number of piperidine rings is 1. The molecular weight excluding hydrogens is 400 g/mol. The Morgan fingerprint density at radius 3 is 2.37 bits per heavy atom. The third-order valence-corrected chi connectivity index (χ3v) is 5.87. The zero-order valence-corrected chi connectivity index (χ0v) is 19.0. The summed E-state index contributed by atoms with van der Waals surface area (Å²) in [5, 5.41) is 0.683. The van der Waals surface area contributed by atoms with Crippen LogP contribution in [0.3, 0.4) is 0 Å². The van der Waals surface area contributed by atoms with Crippen LogP contribution in [-0.4, -0.2) is 69.5 Å². The van der Waals surface area contributed by atoms with Crippen LogP contribution in [0.1, 0.15) is 18.4 Å². The summed E-state index contributed by atoms with van der Waals surface area (Å²) in [6.45, 7) is 5.05. The molecule has 6 heteroatoms. The summed E-state index contributed by atoms with van der Waals surface area (Å²) in [5.74, 6) is 1.71. The molecule has 164 valence electrons. The van der Waals surface area contributed by atoms with Crippen LogP contribution in [-0.2, 0) is 11.3 Å². The minimum atomic E-state index is -0.247. The Morgan fingerprint density at radius 1 is 1.00 bits per heavy atom. The number of hydrogen-bond acceptors (Lipinski definition) is 5. The highest BCUT2D eigenvalue weighted by Gasteiger charge is 2.35. The average Bonchev–Trinajstić information content (AvgIpc) is 2.75. The van der Waals surface area contributed by atoms with Crippen molar-refractivity contribution in [1.29, 1.82) is 0 Å². The maximum absolute atomic E-state index is 6.05. The van der Waals surface area contributed by atoms with E-state index < -0.39 is 0 Å². The Kier molecular flexibility index (Phi) is 8.40. The van der Waals surface area contributed by atoms with Gasteiger partial charge in [0.1, 0.15) is 30.3 Å². The quantitative estimate of drug-likeness (QED) is 0.557.